The van der Waals surface area contributed by atoms with Crippen molar-refractivity contribution in [2.24, 2.45) is 0 Å². The quantitative estimate of drug-likeness (QED) is 0.384. The Kier molecular flexibility index (Phi) is 4.83. The van der Waals surface area contributed by atoms with Crippen molar-refractivity contribution in [1.82, 2.24) is 19.5 Å². The molecule has 2 atom stereocenters. The third kappa shape index (κ3) is 3.41. The standard InChI is InChI=1S/C12H15N5O6/c13-12-16-10-8(11(23)17(12)2-1-7(20)21)15-5(3-14-10)9(22)6(19)4-18/h3,6,9,18-19,22H,1-2,4H2,(H,20,21)(H2,13,14,16)/t6-,9+/m1/s1. The number of carbonyl (C=O) groups is 1. The highest BCUT2D eigenvalue weighted by Gasteiger charge is 2.21. The van der Waals surface area contributed by atoms with E-state index in [1.807, 2.05) is 0 Å². The molecule has 0 unspecified atom stereocenters. The Bertz CT molecular complexity index is 791. The fourth-order valence-corrected chi connectivity index (χ4v) is 1.89. The highest BCUT2D eigenvalue weighted by molar-refractivity contribution is 5.70. The molecule has 0 fully saturated rings. The van der Waals surface area contributed by atoms with Crippen LogP contribution < -0.4 is 11.3 Å². The number of carboxylic acid groups (broad SMARTS) is 1. The zero-order chi connectivity index (χ0) is 17.1. The molecular weight excluding hydrogens is 310 g/mol. The highest BCUT2D eigenvalue weighted by atomic mass is 16.4. The van der Waals surface area contributed by atoms with Gasteiger partial charge < -0.3 is 26.2 Å². The van der Waals surface area contributed by atoms with Crippen LogP contribution in [0.2, 0.25) is 0 Å². The summed E-state index contributed by atoms with van der Waals surface area (Å²) < 4.78 is 0.934. The van der Waals surface area contributed by atoms with Gasteiger partial charge in [0.1, 0.15) is 12.2 Å². The number of aliphatic hydroxyl groups excluding tert-OH is 3. The van der Waals surface area contributed by atoms with Crippen LogP contribution in [0.15, 0.2) is 11.0 Å². The predicted octanol–water partition coefficient (Wildman–Crippen LogP) is -2.37. The number of rotatable bonds is 6. The van der Waals surface area contributed by atoms with Crippen LogP contribution in [0, 0.1) is 0 Å². The van der Waals surface area contributed by atoms with Gasteiger partial charge in [0.15, 0.2) is 11.2 Å². The van der Waals surface area contributed by atoms with E-state index in [9.17, 15) is 19.8 Å². The largest absolute Gasteiger partial charge is 0.481 e. The maximum absolute atomic E-state index is 12.3. The smallest absolute Gasteiger partial charge is 0.305 e. The van der Waals surface area contributed by atoms with Crippen molar-refractivity contribution in [3.05, 3.63) is 22.2 Å². The molecular formula is C12H15N5O6. The predicted molar refractivity (Wildman–Crippen MR) is 76.3 cm³/mol. The molecule has 6 N–H and O–H groups in total. The van der Waals surface area contributed by atoms with Gasteiger partial charge in [-0.1, -0.05) is 0 Å². The number of anilines is 1. The fourth-order valence-electron chi connectivity index (χ4n) is 1.89. The lowest BCUT2D eigenvalue weighted by atomic mass is 10.1. The van der Waals surface area contributed by atoms with E-state index in [4.69, 9.17) is 15.9 Å². The van der Waals surface area contributed by atoms with E-state index >= 15 is 0 Å². The molecule has 0 aliphatic carbocycles. The summed E-state index contributed by atoms with van der Waals surface area (Å²) in [5, 5.41) is 36.7. The number of nitrogens with zero attached hydrogens (tertiary/aromatic N) is 4. The molecule has 0 amide bonds. The van der Waals surface area contributed by atoms with Gasteiger partial charge in [0.2, 0.25) is 5.95 Å². The van der Waals surface area contributed by atoms with Crippen LogP contribution in [-0.2, 0) is 11.3 Å². The molecule has 23 heavy (non-hydrogen) atoms. The number of hydrogen-bond donors (Lipinski definition) is 5. The van der Waals surface area contributed by atoms with Crippen molar-refractivity contribution >= 4 is 23.1 Å². The summed E-state index contributed by atoms with van der Waals surface area (Å²) in [6.07, 6.45) is -2.27. The van der Waals surface area contributed by atoms with Crippen LogP contribution in [0.3, 0.4) is 0 Å². The second-order valence-corrected chi connectivity index (χ2v) is 4.73. The number of aliphatic hydroxyl groups is 3. The van der Waals surface area contributed by atoms with Gasteiger partial charge in [-0.2, -0.15) is 4.98 Å². The minimum absolute atomic E-state index is 0.0755. The lowest BCUT2D eigenvalue weighted by Crippen LogP contribution is -2.28. The lowest BCUT2D eigenvalue weighted by Gasteiger charge is -2.15. The average Bonchev–Trinajstić information content (AvgIpc) is 2.52. The second kappa shape index (κ2) is 6.64. The molecule has 2 aromatic rings. The Hall–Kier alpha value is -2.63. The summed E-state index contributed by atoms with van der Waals surface area (Å²) in [6.45, 7) is -0.902. The molecule has 11 nitrogen and oxygen atoms in total. The zero-order valence-corrected chi connectivity index (χ0v) is 11.8. The van der Waals surface area contributed by atoms with Crippen molar-refractivity contribution in [3.8, 4) is 0 Å². The minimum atomic E-state index is -1.54. The normalized spacial score (nSPS) is 13.9. The van der Waals surface area contributed by atoms with Crippen molar-refractivity contribution in [2.45, 2.75) is 25.2 Å². The van der Waals surface area contributed by atoms with Gasteiger partial charge in [0.25, 0.3) is 5.56 Å². The fraction of sp³-hybridized carbons (Fsp3) is 0.417. The Morgan fingerprint density at radius 1 is 1.35 bits per heavy atom. The van der Waals surface area contributed by atoms with Crippen LogP contribution >= 0.6 is 0 Å². The molecule has 2 aromatic heterocycles. The van der Waals surface area contributed by atoms with Gasteiger partial charge in [-0.05, 0) is 0 Å². The van der Waals surface area contributed by atoms with E-state index in [2.05, 4.69) is 15.0 Å². The lowest BCUT2D eigenvalue weighted by molar-refractivity contribution is -0.137. The number of aliphatic carboxylic acids is 1. The number of hydrogen-bond acceptors (Lipinski definition) is 9. The van der Waals surface area contributed by atoms with Crippen molar-refractivity contribution in [2.75, 3.05) is 12.3 Å². The number of nitrogen functional groups attached to an aromatic ring is 1. The van der Waals surface area contributed by atoms with Gasteiger partial charge in [-0.25, -0.2) is 9.97 Å². The topological polar surface area (TPSA) is 185 Å². The summed E-state index contributed by atoms with van der Waals surface area (Å²) >= 11 is 0. The van der Waals surface area contributed by atoms with E-state index in [0.717, 1.165) is 10.8 Å². The van der Waals surface area contributed by atoms with Crippen LogP contribution in [0.5, 0.6) is 0 Å². The number of carboxylic acids is 1. The van der Waals surface area contributed by atoms with Crippen LogP contribution in [-0.4, -0.2) is 58.6 Å². The first-order valence-corrected chi connectivity index (χ1v) is 6.57. The third-order valence-corrected chi connectivity index (χ3v) is 3.12. The van der Waals surface area contributed by atoms with Gasteiger partial charge in [0.05, 0.1) is 24.9 Å². The molecule has 0 bridgehead atoms. The molecule has 0 saturated carbocycles. The summed E-state index contributed by atoms with van der Waals surface area (Å²) in [5.74, 6) is -1.32. The van der Waals surface area contributed by atoms with Crippen molar-refractivity contribution < 1.29 is 25.2 Å². The van der Waals surface area contributed by atoms with E-state index < -0.39 is 30.3 Å². The van der Waals surface area contributed by atoms with Gasteiger partial charge >= 0.3 is 5.97 Å². The molecule has 0 saturated heterocycles. The Labute approximate surface area is 128 Å². The molecule has 11 heteroatoms. The van der Waals surface area contributed by atoms with Gasteiger partial charge in [-0.15, -0.1) is 0 Å². The number of aromatic nitrogens is 4. The molecule has 2 rings (SSSR count). The molecule has 2 heterocycles. The molecule has 0 spiro atoms. The van der Waals surface area contributed by atoms with Crippen LogP contribution in [0.25, 0.3) is 11.2 Å². The van der Waals surface area contributed by atoms with E-state index in [-0.39, 0.29) is 35.8 Å². The number of fused-ring (bicyclic) bond motifs is 1. The third-order valence-electron chi connectivity index (χ3n) is 3.12. The van der Waals surface area contributed by atoms with E-state index in [1.54, 1.807) is 0 Å². The van der Waals surface area contributed by atoms with Crippen LogP contribution in [0.1, 0.15) is 18.2 Å². The van der Waals surface area contributed by atoms with Crippen LogP contribution in [0.4, 0.5) is 5.95 Å². The molecule has 124 valence electrons. The van der Waals surface area contributed by atoms with E-state index in [0.29, 0.717) is 0 Å². The summed E-state index contributed by atoms with van der Waals surface area (Å²) in [7, 11) is 0. The Balaban J connectivity index is 2.52. The maximum Gasteiger partial charge on any atom is 0.305 e. The summed E-state index contributed by atoms with van der Waals surface area (Å²) in [6, 6.07) is 0. The summed E-state index contributed by atoms with van der Waals surface area (Å²) in [5.41, 5.74) is 4.46. The Morgan fingerprint density at radius 3 is 2.65 bits per heavy atom. The van der Waals surface area contributed by atoms with Crippen molar-refractivity contribution in [3.63, 3.8) is 0 Å². The summed E-state index contributed by atoms with van der Waals surface area (Å²) in [4.78, 5) is 34.5. The molecule has 0 radical (unpaired) electrons. The minimum Gasteiger partial charge on any atom is -0.481 e. The molecule has 0 aromatic carbocycles. The maximum atomic E-state index is 12.3. The van der Waals surface area contributed by atoms with Gasteiger partial charge in [-0.3, -0.25) is 14.2 Å². The Morgan fingerprint density at radius 2 is 2.04 bits per heavy atom. The first-order chi connectivity index (χ1) is 10.8. The first-order valence-electron chi connectivity index (χ1n) is 6.57. The van der Waals surface area contributed by atoms with Crippen molar-refractivity contribution in [1.29, 1.82) is 0 Å². The number of nitrogens with two attached hydrogens (primary N) is 1. The highest BCUT2D eigenvalue weighted by Crippen LogP contribution is 2.15. The zero-order valence-electron chi connectivity index (χ0n) is 11.8. The average molecular weight is 325 g/mol. The second-order valence-electron chi connectivity index (χ2n) is 4.73. The first kappa shape index (κ1) is 16.7. The monoisotopic (exact) mass is 325 g/mol. The molecule has 0 aliphatic heterocycles. The van der Waals surface area contributed by atoms with Gasteiger partial charge in [0, 0.05) is 6.54 Å². The molecule has 0 aliphatic rings. The van der Waals surface area contributed by atoms with E-state index in [1.165, 1.54) is 0 Å². The SMILES string of the molecule is Nc1nc2ncc([C@H](O)[C@H](O)CO)nc2c(=O)n1CCC(=O)O.